The number of Topliss-reactive ketones (excluding diaryl/α,β-unsaturated/α-hetero) is 1. The van der Waals surface area contributed by atoms with Gasteiger partial charge in [0.05, 0.1) is 16.5 Å². The normalized spacial score (nSPS) is 11.2. The molecule has 0 spiro atoms. The second-order valence-corrected chi connectivity index (χ2v) is 8.48. The Hall–Kier alpha value is -1.99. The first-order chi connectivity index (χ1) is 12.3. The van der Waals surface area contributed by atoms with Crippen LogP contribution in [-0.2, 0) is 0 Å². The third-order valence-electron chi connectivity index (χ3n) is 4.61. The number of rotatable bonds is 5. The Kier molecular flexibility index (Phi) is 5.29. The summed E-state index contributed by atoms with van der Waals surface area (Å²) in [6, 6.07) is 1.98. The summed E-state index contributed by atoms with van der Waals surface area (Å²) in [6.45, 7) is 12.0. The first kappa shape index (κ1) is 18.8. The van der Waals surface area contributed by atoms with Crippen LogP contribution in [0.3, 0.4) is 0 Å². The molecule has 0 saturated heterocycles. The Balaban J connectivity index is 1.74. The number of hydrogen-bond acceptors (Lipinski definition) is 7. The van der Waals surface area contributed by atoms with Gasteiger partial charge in [-0.3, -0.25) is 4.79 Å². The molecule has 0 unspecified atom stereocenters. The first-order valence-electron chi connectivity index (χ1n) is 8.29. The van der Waals surface area contributed by atoms with Crippen molar-refractivity contribution in [3.05, 3.63) is 44.6 Å². The summed E-state index contributed by atoms with van der Waals surface area (Å²) in [5.41, 5.74) is 6.24. The molecule has 0 radical (unpaired) electrons. The van der Waals surface area contributed by atoms with Crippen molar-refractivity contribution in [1.29, 1.82) is 0 Å². The molecule has 3 rings (SSSR count). The van der Waals surface area contributed by atoms with E-state index in [-0.39, 0.29) is 11.5 Å². The van der Waals surface area contributed by atoms with E-state index < -0.39 is 0 Å². The molecular weight excluding hydrogens is 366 g/mol. The van der Waals surface area contributed by atoms with Crippen molar-refractivity contribution >= 4 is 28.9 Å². The minimum Gasteiger partial charge on any atom is -0.410 e. The predicted molar refractivity (Wildman–Crippen MR) is 105 cm³/mol. The number of aryl methyl sites for hydroxylation is 3. The average Bonchev–Trinajstić information content (AvgIpc) is 3.19. The lowest BCUT2D eigenvalue weighted by Gasteiger charge is -2.13. The van der Waals surface area contributed by atoms with E-state index in [1.165, 1.54) is 34.2 Å². The van der Waals surface area contributed by atoms with E-state index in [4.69, 9.17) is 4.42 Å². The van der Waals surface area contributed by atoms with E-state index >= 15 is 0 Å². The van der Waals surface area contributed by atoms with E-state index in [9.17, 15) is 4.79 Å². The number of thiazole rings is 1. The monoisotopic (exact) mass is 387 g/mol. The van der Waals surface area contributed by atoms with Crippen LogP contribution in [0.4, 0.5) is 0 Å². The lowest BCUT2D eigenvalue weighted by atomic mass is 9.93. The molecule has 0 saturated carbocycles. The predicted octanol–water partition coefficient (Wildman–Crippen LogP) is 5.02. The average molecular weight is 388 g/mol. The van der Waals surface area contributed by atoms with Crippen molar-refractivity contribution in [2.45, 2.75) is 46.8 Å². The van der Waals surface area contributed by atoms with Crippen LogP contribution in [0.2, 0.25) is 0 Å². The van der Waals surface area contributed by atoms with Gasteiger partial charge in [-0.05, 0) is 69.9 Å². The number of ketones is 1. The highest BCUT2D eigenvalue weighted by Crippen LogP contribution is 2.31. The second-order valence-electron chi connectivity index (χ2n) is 6.35. The Morgan fingerprint density at radius 2 is 1.81 bits per heavy atom. The maximum absolute atomic E-state index is 12.7. The van der Waals surface area contributed by atoms with Crippen molar-refractivity contribution in [2.75, 3.05) is 5.75 Å². The van der Waals surface area contributed by atoms with Crippen LogP contribution in [0.15, 0.2) is 15.7 Å². The summed E-state index contributed by atoms with van der Waals surface area (Å²) < 4.78 is 5.71. The van der Waals surface area contributed by atoms with Crippen molar-refractivity contribution in [2.24, 2.45) is 0 Å². The summed E-state index contributed by atoms with van der Waals surface area (Å²) >= 11 is 2.80. The number of hydrogen-bond donors (Lipinski definition) is 0. The van der Waals surface area contributed by atoms with Crippen LogP contribution in [0.5, 0.6) is 0 Å². The molecule has 0 aliphatic carbocycles. The fourth-order valence-electron chi connectivity index (χ4n) is 2.80. The van der Waals surface area contributed by atoms with Crippen LogP contribution in [0.1, 0.15) is 43.3 Å². The molecule has 7 heteroatoms. The minimum atomic E-state index is 0.0725. The number of carbonyl (C=O) groups excluding carboxylic acids is 1. The van der Waals surface area contributed by atoms with Gasteiger partial charge in [0.1, 0.15) is 4.88 Å². The van der Waals surface area contributed by atoms with Crippen LogP contribution < -0.4 is 0 Å². The standard InChI is InChI=1S/C19H21N3O2S2/c1-9-7-15(12(4)11(3)10(9)2)16(23)8-25-19-22-21-18(24-19)17-13(5)20-14(6)26-17/h7H,8H2,1-6H3. The Morgan fingerprint density at radius 1 is 1.08 bits per heavy atom. The molecular formula is C19H21N3O2S2. The maximum Gasteiger partial charge on any atom is 0.277 e. The number of aromatic nitrogens is 3. The van der Waals surface area contributed by atoms with Crippen molar-refractivity contribution < 1.29 is 9.21 Å². The van der Waals surface area contributed by atoms with E-state index in [1.54, 1.807) is 0 Å². The Labute approximate surface area is 161 Å². The fourth-order valence-corrected chi connectivity index (χ4v) is 4.28. The third-order valence-corrected chi connectivity index (χ3v) is 6.49. The zero-order chi connectivity index (χ0) is 19.0. The molecule has 136 valence electrons. The van der Waals surface area contributed by atoms with Crippen molar-refractivity contribution in [1.82, 2.24) is 15.2 Å². The molecule has 2 aromatic heterocycles. The van der Waals surface area contributed by atoms with Crippen LogP contribution in [-0.4, -0.2) is 26.7 Å². The number of carbonyl (C=O) groups is 1. The first-order valence-corrected chi connectivity index (χ1v) is 10.1. The van der Waals surface area contributed by atoms with Gasteiger partial charge in [0.15, 0.2) is 5.78 Å². The van der Waals surface area contributed by atoms with E-state index in [0.29, 0.717) is 11.1 Å². The summed E-state index contributed by atoms with van der Waals surface area (Å²) in [5.74, 6) is 0.801. The van der Waals surface area contributed by atoms with Crippen LogP contribution >= 0.6 is 23.1 Å². The number of thioether (sulfide) groups is 1. The summed E-state index contributed by atoms with van der Waals surface area (Å²) in [6.07, 6.45) is 0. The number of benzene rings is 1. The van der Waals surface area contributed by atoms with Gasteiger partial charge in [-0.1, -0.05) is 11.8 Å². The van der Waals surface area contributed by atoms with E-state index in [1.807, 2.05) is 33.8 Å². The molecule has 1 aromatic carbocycles. The lowest BCUT2D eigenvalue weighted by molar-refractivity contribution is 0.102. The van der Waals surface area contributed by atoms with Gasteiger partial charge in [0.25, 0.3) is 11.1 Å². The van der Waals surface area contributed by atoms with Gasteiger partial charge in [-0.25, -0.2) is 4.98 Å². The molecule has 0 amide bonds. The Morgan fingerprint density at radius 3 is 2.46 bits per heavy atom. The molecule has 0 atom stereocenters. The zero-order valence-corrected chi connectivity index (χ0v) is 17.4. The highest BCUT2D eigenvalue weighted by Gasteiger charge is 2.18. The van der Waals surface area contributed by atoms with Crippen LogP contribution in [0.25, 0.3) is 10.8 Å². The summed E-state index contributed by atoms with van der Waals surface area (Å²) in [5, 5.41) is 9.50. The van der Waals surface area contributed by atoms with Crippen molar-refractivity contribution in [3.8, 4) is 10.8 Å². The molecule has 0 aliphatic heterocycles. The molecule has 0 N–H and O–H groups in total. The SMILES string of the molecule is Cc1nc(C)c(-c2nnc(SCC(=O)c3cc(C)c(C)c(C)c3C)o2)s1. The quantitative estimate of drug-likeness (QED) is 0.452. The molecule has 0 bridgehead atoms. The van der Waals surface area contributed by atoms with E-state index in [2.05, 4.69) is 29.0 Å². The molecule has 0 fully saturated rings. The summed E-state index contributed by atoms with van der Waals surface area (Å²) in [4.78, 5) is 17.9. The largest absolute Gasteiger partial charge is 0.410 e. The minimum absolute atomic E-state index is 0.0725. The highest BCUT2D eigenvalue weighted by atomic mass is 32.2. The maximum atomic E-state index is 12.7. The fraction of sp³-hybridized carbons (Fsp3) is 0.368. The number of nitrogens with zero attached hydrogens (tertiary/aromatic N) is 3. The summed E-state index contributed by atoms with van der Waals surface area (Å²) in [7, 11) is 0. The van der Waals surface area contributed by atoms with E-state index in [0.717, 1.165) is 32.3 Å². The topological polar surface area (TPSA) is 68.9 Å². The van der Waals surface area contributed by atoms with Gasteiger partial charge >= 0.3 is 0 Å². The van der Waals surface area contributed by atoms with Crippen molar-refractivity contribution in [3.63, 3.8) is 0 Å². The van der Waals surface area contributed by atoms with Crippen LogP contribution in [0, 0.1) is 41.5 Å². The van der Waals surface area contributed by atoms with Gasteiger partial charge in [-0.2, -0.15) is 0 Å². The Bertz CT molecular complexity index is 989. The second kappa shape index (κ2) is 7.32. The smallest absolute Gasteiger partial charge is 0.277 e. The van der Waals surface area contributed by atoms with Gasteiger partial charge in [0, 0.05) is 5.56 Å². The van der Waals surface area contributed by atoms with Gasteiger partial charge < -0.3 is 4.42 Å². The van der Waals surface area contributed by atoms with Gasteiger partial charge in [-0.15, -0.1) is 21.5 Å². The molecule has 3 aromatic rings. The molecule has 2 heterocycles. The highest BCUT2D eigenvalue weighted by molar-refractivity contribution is 7.99. The third kappa shape index (κ3) is 3.59. The molecule has 5 nitrogen and oxygen atoms in total. The molecule has 0 aliphatic rings. The van der Waals surface area contributed by atoms with Gasteiger partial charge in [0.2, 0.25) is 0 Å². The zero-order valence-electron chi connectivity index (χ0n) is 15.8. The lowest BCUT2D eigenvalue weighted by Crippen LogP contribution is -2.08. The molecule has 26 heavy (non-hydrogen) atoms.